The van der Waals surface area contributed by atoms with E-state index >= 15 is 0 Å². The molecule has 3 amide bonds. The van der Waals surface area contributed by atoms with Crippen LogP contribution in [0.25, 0.3) is 0 Å². The first-order valence-corrected chi connectivity index (χ1v) is 11.7. The van der Waals surface area contributed by atoms with E-state index in [0.717, 1.165) is 38.5 Å². The SMILES string of the molecule is CN[C@@H](C)C(=O)N[C@H]1CCCC2CC[C@@H](C(=O)N[C@@H]3CCCc4ccccc43)N2C1=O. The van der Waals surface area contributed by atoms with Crippen LogP contribution in [0.1, 0.15) is 69.0 Å². The van der Waals surface area contributed by atoms with E-state index in [2.05, 4.69) is 28.1 Å². The van der Waals surface area contributed by atoms with Crippen LogP contribution in [-0.4, -0.2) is 53.8 Å². The summed E-state index contributed by atoms with van der Waals surface area (Å²) in [6.07, 6.45) is 6.93. The molecule has 2 saturated heterocycles. The molecular weight excluding hydrogens is 392 g/mol. The van der Waals surface area contributed by atoms with Crippen molar-refractivity contribution in [3.63, 3.8) is 0 Å². The van der Waals surface area contributed by atoms with Gasteiger partial charge in [-0.25, -0.2) is 0 Å². The van der Waals surface area contributed by atoms with Gasteiger partial charge in [-0.2, -0.15) is 0 Å². The maximum Gasteiger partial charge on any atom is 0.246 e. The molecule has 1 aromatic carbocycles. The number of aryl methyl sites for hydroxylation is 1. The highest BCUT2D eigenvalue weighted by Crippen LogP contribution is 2.34. The first-order valence-electron chi connectivity index (χ1n) is 11.7. The fourth-order valence-electron chi connectivity index (χ4n) is 5.35. The molecule has 31 heavy (non-hydrogen) atoms. The van der Waals surface area contributed by atoms with E-state index in [9.17, 15) is 14.4 Å². The predicted octanol–water partition coefficient (Wildman–Crippen LogP) is 1.82. The molecule has 0 bridgehead atoms. The number of nitrogens with zero attached hydrogens (tertiary/aromatic N) is 1. The summed E-state index contributed by atoms with van der Waals surface area (Å²) in [5.74, 6) is -0.354. The van der Waals surface area contributed by atoms with Crippen LogP contribution in [0, 0.1) is 0 Å². The zero-order valence-corrected chi connectivity index (χ0v) is 18.5. The lowest BCUT2D eigenvalue weighted by Crippen LogP contribution is -2.56. The number of carbonyl (C=O) groups is 3. The molecule has 0 aromatic heterocycles. The van der Waals surface area contributed by atoms with Gasteiger partial charge in [0.15, 0.2) is 0 Å². The highest BCUT2D eigenvalue weighted by atomic mass is 16.2. The quantitative estimate of drug-likeness (QED) is 0.670. The lowest BCUT2D eigenvalue weighted by Gasteiger charge is -2.33. The van der Waals surface area contributed by atoms with Crippen LogP contribution >= 0.6 is 0 Å². The number of likely N-dealkylation sites (N-methyl/N-ethyl adjacent to an activating group) is 1. The van der Waals surface area contributed by atoms with E-state index in [4.69, 9.17) is 0 Å². The molecular formula is C24H34N4O3. The number of hydrogen-bond donors (Lipinski definition) is 3. The van der Waals surface area contributed by atoms with Crippen LogP contribution in [-0.2, 0) is 20.8 Å². The minimum Gasteiger partial charge on any atom is -0.347 e. The molecule has 0 saturated carbocycles. The molecule has 5 atom stereocenters. The van der Waals surface area contributed by atoms with Crippen molar-refractivity contribution in [3.8, 4) is 0 Å². The van der Waals surface area contributed by atoms with Gasteiger partial charge < -0.3 is 20.9 Å². The second kappa shape index (κ2) is 9.39. The largest absolute Gasteiger partial charge is 0.347 e. The summed E-state index contributed by atoms with van der Waals surface area (Å²) in [4.78, 5) is 40.9. The van der Waals surface area contributed by atoms with E-state index in [1.807, 2.05) is 12.1 Å². The van der Waals surface area contributed by atoms with E-state index in [0.29, 0.717) is 12.8 Å². The van der Waals surface area contributed by atoms with E-state index in [1.54, 1.807) is 18.9 Å². The van der Waals surface area contributed by atoms with Gasteiger partial charge in [0, 0.05) is 6.04 Å². The van der Waals surface area contributed by atoms with Crippen molar-refractivity contribution < 1.29 is 14.4 Å². The van der Waals surface area contributed by atoms with Gasteiger partial charge in [-0.05, 0) is 76.5 Å². The number of hydrogen-bond acceptors (Lipinski definition) is 4. The summed E-state index contributed by atoms with van der Waals surface area (Å²) in [5.41, 5.74) is 2.50. The van der Waals surface area contributed by atoms with Crippen LogP contribution in [0.2, 0.25) is 0 Å². The summed E-state index contributed by atoms with van der Waals surface area (Å²) < 4.78 is 0. The van der Waals surface area contributed by atoms with Crippen LogP contribution < -0.4 is 16.0 Å². The normalized spacial score (nSPS) is 28.8. The zero-order valence-electron chi connectivity index (χ0n) is 18.5. The average Bonchev–Trinajstić information content (AvgIpc) is 3.15. The van der Waals surface area contributed by atoms with Crippen molar-refractivity contribution in [1.82, 2.24) is 20.9 Å². The van der Waals surface area contributed by atoms with Gasteiger partial charge >= 0.3 is 0 Å². The monoisotopic (exact) mass is 426 g/mol. The van der Waals surface area contributed by atoms with Crippen molar-refractivity contribution in [2.24, 2.45) is 0 Å². The molecule has 0 radical (unpaired) electrons. The molecule has 1 unspecified atom stereocenters. The Hall–Kier alpha value is -2.41. The second-order valence-corrected chi connectivity index (χ2v) is 9.15. The highest BCUT2D eigenvalue weighted by Gasteiger charge is 2.45. The lowest BCUT2D eigenvalue weighted by atomic mass is 9.87. The maximum absolute atomic E-state index is 13.4. The number of nitrogens with one attached hydrogen (secondary N) is 3. The standard InChI is InChI=1S/C24H34N4O3/c1-15(25-2)22(29)27-20-12-6-9-17-13-14-21(28(17)24(20)31)23(30)26-19-11-5-8-16-7-3-4-10-18(16)19/h3-4,7,10,15,17,19-21,25H,5-6,8-9,11-14H2,1-2H3,(H,26,30)(H,27,29)/t15-,17?,19+,20-,21-/m0/s1. The number of carbonyl (C=O) groups excluding carboxylic acids is 3. The van der Waals surface area contributed by atoms with Crippen LogP contribution in [0.4, 0.5) is 0 Å². The Morgan fingerprint density at radius 2 is 1.77 bits per heavy atom. The second-order valence-electron chi connectivity index (χ2n) is 9.15. The summed E-state index contributed by atoms with van der Waals surface area (Å²) in [6, 6.07) is 7.02. The Balaban J connectivity index is 1.47. The third-order valence-electron chi connectivity index (χ3n) is 7.22. The molecule has 2 aliphatic heterocycles. The highest BCUT2D eigenvalue weighted by molar-refractivity contribution is 5.94. The number of fused-ring (bicyclic) bond motifs is 2. The molecule has 1 aromatic rings. The Morgan fingerprint density at radius 1 is 1.00 bits per heavy atom. The molecule has 2 fully saturated rings. The molecule has 0 spiro atoms. The van der Waals surface area contributed by atoms with Crippen molar-refractivity contribution in [2.45, 2.75) is 88.5 Å². The fraction of sp³-hybridized carbons (Fsp3) is 0.625. The maximum atomic E-state index is 13.4. The molecule has 168 valence electrons. The van der Waals surface area contributed by atoms with Crippen LogP contribution in [0.15, 0.2) is 24.3 Å². The van der Waals surface area contributed by atoms with Crippen LogP contribution in [0.5, 0.6) is 0 Å². The Labute approximate surface area is 184 Å². The Bertz CT molecular complexity index is 842. The predicted molar refractivity (Wildman–Crippen MR) is 118 cm³/mol. The summed E-state index contributed by atoms with van der Waals surface area (Å²) in [6.45, 7) is 1.77. The topological polar surface area (TPSA) is 90.5 Å². The van der Waals surface area contributed by atoms with Gasteiger partial charge in [-0.3, -0.25) is 14.4 Å². The summed E-state index contributed by atoms with van der Waals surface area (Å²) in [5, 5.41) is 9.06. The molecule has 2 heterocycles. The molecule has 4 rings (SSSR count). The first-order chi connectivity index (χ1) is 15.0. The smallest absolute Gasteiger partial charge is 0.246 e. The Kier molecular flexibility index (Phi) is 6.60. The molecule has 3 aliphatic rings. The summed E-state index contributed by atoms with van der Waals surface area (Å²) >= 11 is 0. The van der Waals surface area contributed by atoms with E-state index in [1.165, 1.54) is 11.1 Å². The zero-order chi connectivity index (χ0) is 22.0. The average molecular weight is 427 g/mol. The van der Waals surface area contributed by atoms with Gasteiger partial charge in [0.1, 0.15) is 12.1 Å². The fourth-order valence-corrected chi connectivity index (χ4v) is 5.35. The molecule has 1 aliphatic carbocycles. The Morgan fingerprint density at radius 3 is 2.58 bits per heavy atom. The van der Waals surface area contributed by atoms with Gasteiger partial charge in [0.05, 0.1) is 12.1 Å². The third-order valence-corrected chi connectivity index (χ3v) is 7.22. The number of amides is 3. The minimum absolute atomic E-state index is 0.00515. The van der Waals surface area contributed by atoms with Crippen molar-refractivity contribution in [1.29, 1.82) is 0 Å². The number of rotatable bonds is 5. The van der Waals surface area contributed by atoms with Gasteiger partial charge in [0.25, 0.3) is 0 Å². The minimum atomic E-state index is -0.558. The first kappa shape index (κ1) is 21.8. The van der Waals surface area contributed by atoms with Crippen LogP contribution in [0.3, 0.4) is 0 Å². The van der Waals surface area contributed by atoms with Gasteiger partial charge in [-0.15, -0.1) is 0 Å². The molecule has 3 N–H and O–H groups in total. The van der Waals surface area contributed by atoms with Gasteiger partial charge in [-0.1, -0.05) is 24.3 Å². The van der Waals surface area contributed by atoms with Crippen molar-refractivity contribution in [2.75, 3.05) is 7.05 Å². The lowest BCUT2D eigenvalue weighted by molar-refractivity contribution is -0.143. The number of benzene rings is 1. The van der Waals surface area contributed by atoms with E-state index in [-0.39, 0.29) is 35.8 Å². The van der Waals surface area contributed by atoms with E-state index < -0.39 is 12.1 Å². The third kappa shape index (κ3) is 4.47. The van der Waals surface area contributed by atoms with Crippen molar-refractivity contribution in [3.05, 3.63) is 35.4 Å². The van der Waals surface area contributed by atoms with Gasteiger partial charge in [0.2, 0.25) is 17.7 Å². The molecule has 7 heteroatoms. The van der Waals surface area contributed by atoms with Crippen molar-refractivity contribution >= 4 is 17.7 Å². The summed E-state index contributed by atoms with van der Waals surface area (Å²) in [7, 11) is 1.72. The molecule has 7 nitrogen and oxygen atoms in total.